The number of aryl methyl sites for hydroxylation is 1. The predicted molar refractivity (Wildman–Crippen MR) is 93.7 cm³/mol. The Kier molecular flexibility index (Phi) is 4.48. The fraction of sp³-hybridized carbons (Fsp3) is 0.125. The number of nitrogens with one attached hydrogen (secondary N) is 1. The molecule has 26 heavy (non-hydrogen) atoms. The number of carbonyl (C=O) groups excluding carboxylic acids is 1. The number of carbonyl (C=O) groups is 1. The molecule has 9 nitrogen and oxygen atoms in total. The van der Waals surface area contributed by atoms with Crippen molar-refractivity contribution in [3.8, 4) is 17.3 Å². The molecule has 4 aromatic rings. The Balaban J connectivity index is 1.31. The van der Waals surface area contributed by atoms with E-state index in [1.165, 1.54) is 11.0 Å². The van der Waals surface area contributed by atoms with E-state index in [0.717, 1.165) is 5.56 Å². The Morgan fingerprint density at radius 1 is 1.27 bits per heavy atom. The maximum atomic E-state index is 12.1. The van der Waals surface area contributed by atoms with Gasteiger partial charge in [-0.2, -0.15) is 16.4 Å². The van der Waals surface area contributed by atoms with Crippen molar-refractivity contribution in [2.24, 2.45) is 0 Å². The molecule has 0 aliphatic rings. The minimum Gasteiger partial charge on any atom is -0.421 e. The van der Waals surface area contributed by atoms with E-state index in [1.807, 2.05) is 16.8 Å². The SMILES string of the molecule is O=C(CCc1nnc(-c2ccsc2)o1)Nc1ccc(-n2cncn2)nc1. The average Bonchev–Trinajstić information content (AvgIpc) is 3.42. The summed E-state index contributed by atoms with van der Waals surface area (Å²) in [4.78, 5) is 20.2. The minimum absolute atomic E-state index is 0.157. The third-order valence-corrected chi connectivity index (χ3v) is 4.17. The molecule has 130 valence electrons. The van der Waals surface area contributed by atoms with Crippen LogP contribution < -0.4 is 5.32 Å². The molecule has 0 spiro atoms. The lowest BCUT2D eigenvalue weighted by atomic mass is 10.3. The highest BCUT2D eigenvalue weighted by Gasteiger charge is 2.11. The average molecular weight is 367 g/mol. The van der Waals surface area contributed by atoms with E-state index in [4.69, 9.17) is 4.42 Å². The minimum atomic E-state index is -0.157. The van der Waals surface area contributed by atoms with Crippen LogP contribution in [0.15, 0.2) is 52.2 Å². The van der Waals surface area contributed by atoms with E-state index in [2.05, 4.69) is 30.6 Å². The lowest BCUT2D eigenvalue weighted by Gasteiger charge is -2.05. The van der Waals surface area contributed by atoms with Gasteiger partial charge in [-0.25, -0.2) is 14.6 Å². The maximum absolute atomic E-state index is 12.1. The number of nitrogens with zero attached hydrogens (tertiary/aromatic N) is 6. The second-order valence-corrected chi connectivity index (χ2v) is 6.09. The zero-order valence-corrected chi connectivity index (χ0v) is 14.3. The van der Waals surface area contributed by atoms with E-state index < -0.39 is 0 Å². The van der Waals surface area contributed by atoms with Crippen LogP contribution in [-0.4, -0.2) is 35.9 Å². The van der Waals surface area contributed by atoms with Crippen LogP contribution in [-0.2, 0) is 11.2 Å². The van der Waals surface area contributed by atoms with Gasteiger partial charge in [0.2, 0.25) is 17.7 Å². The van der Waals surface area contributed by atoms with Gasteiger partial charge in [-0.1, -0.05) is 0 Å². The molecular formula is C16H13N7O2S. The summed E-state index contributed by atoms with van der Waals surface area (Å²) in [7, 11) is 0. The quantitative estimate of drug-likeness (QED) is 0.557. The van der Waals surface area contributed by atoms with Crippen molar-refractivity contribution in [3.05, 3.63) is 53.7 Å². The smallest absolute Gasteiger partial charge is 0.248 e. The number of hydrogen-bond donors (Lipinski definition) is 1. The van der Waals surface area contributed by atoms with Crippen molar-refractivity contribution in [2.45, 2.75) is 12.8 Å². The molecule has 1 N–H and O–H groups in total. The summed E-state index contributed by atoms with van der Waals surface area (Å²) in [5.41, 5.74) is 1.49. The summed E-state index contributed by atoms with van der Waals surface area (Å²) in [6.07, 6.45) is 5.15. The van der Waals surface area contributed by atoms with Gasteiger partial charge < -0.3 is 9.73 Å². The summed E-state index contributed by atoms with van der Waals surface area (Å²) >= 11 is 1.56. The number of hydrogen-bond acceptors (Lipinski definition) is 8. The molecule has 0 aliphatic carbocycles. The van der Waals surface area contributed by atoms with Crippen LogP contribution in [0.4, 0.5) is 5.69 Å². The largest absolute Gasteiger partial charge is 0.421 e. The highest BCUT2D eigenvalue weighted by Crippen LogP contribution is 2.20. The zero-order chi connectivity index (χ0) is 17.8. The van der Waals surface area contributed by atoms with Crippen molar-refractivity contribution in [2.75, 3.05) is 5.32 Å². The zero-order valence-electron chi connectivity index (χ0n) is 13.4. The van der Waals surface area contributed by atoms with Crippen LogP contribution >= 0.6 is 11.3 Å². The molecule has 4 heterocycles. The first-order valence-electron chi connectivity index (χ1n) is 7.74. The van der Waals surface area contributed by atoms with Crippen LogP contribution in [0.3, 0.4) is 0 Å². The summed E-state index contributed by atoms with van der Waals surface area (Å²) in [5, 5.41) is 18.6. The fourth-order valence-electron chi connectivity index (χ4n) is 2.22. The molecule has 0 bridgehead atoms. The number of amides is 1. The molecule has 0 aliphatic heterocycles. The van der Waals surface area contributed by atoms with E-state index >= 15 is 0 Å². The van der Waals surface area contributed by atoms with Gasteiger partial charge in [0.1, 0.15) is 12.7 Å². The molecule has 0 aromatic carbocycles. The van der Waals surface area contributed by atoms with Crippen molar-refractivity contribution in [3.63, 3.8) is 0 Å². The van der Waals surface area contributed by atoms with E-state index in [1.54, 1.807) is 36.0 Å². The van der Waals surface area contributed by atoms with Crippen LogP contribution in [0.5, 0.6) is 0 Å². The topological polar surface area (TPSA) is 112 Å². The molecule has 0 unspecified atom stereocenters. The molecule has 4 aromatic heterocycles. The van der Waals surface area contributed by atoms with Crippen molar-refractivity contribution in [1.82, 2.24) is 29.9 Å². The van der Waals surface area contributed by atoms with Gasteiger partial charge in [0.05, 0.1) is 11.9 Å². The molecule has 1 amide bonds. The lowest BCUT2D eigenvalue weighted by Crippen LogP contribution is -2.13. The number of rotatable bonds is 6. The molecule has 0 saturated carbocycles. The van der Waals surface area contributed by atoms with Crippen LogP contribution in [0.1, 0.15) is 12.3 Å². The first-order chi connectivity index (χ1) is 12.8. The van der Waals surface area contributed by atoms with Gasteiger partial charge in [-0.15, -0.1) is 10.2 Å². The molecule has 4 rings (SSSR count). The molecule has 0 atom stereocenters. The predicted octanol–water partition coefficient (Wildman–Crippen LogP) is 2.35. The first kappa shape index (κ1) is 16.1. The van der Waals surface area contributed by atoms with Crippen LogP contribution in [0.2, 0.25) is 0 Å². The van der Waals surface area contributed by atoms with Gasteiger partial charge in [0.15, 0.2) is 5.82 Å². The summed E-state index contributed by atoms with van der Waals surface area (Å²) in [6.45, 7) is 0. The molecular weight excluding hydrogens is 354 g/mol. The van der Waals surface area contributed by atoms with E-state index in [0.29, 0.717) is 29.7 Å². The van der Waals surface area contributed by atoms with Crippen molar-refractivity contribution in [1.29, 1.82) is 0 Å². The standard InChI is InChI=1S/C16H13N7O2S/c24-14(3-4-15-21-22-16(25-15)11-5-6-26-8-11)20-12-1-2-13(18-7-12)23-10-17-9-19-23/h1-2,5-10H,3-4H2,(H,20,24). The number of thiophene rings is 1. The number of aromatic nitrogens is 6. The second kappa shape index (κ2) is 7.23. The van der Waals surface area contributed by atoms with Gasteiger partial charge in [0.25, 0.3) is 0 Å². The van der Waals surface area contributed by atoms with Gasteiger partial charge >= 0.3 is 0 Å². The Morgan fingerprint density at radius 3 is 2.96 bits per heavy atom. The van der Waals surface area contributed by atoms with Crippen molar-refractivity contribution >= 4 is 22.9 Å². The van der Waals surface area contributed by atoms with Gasteiger partial charge in [-0.3, -0.25) is 4.79 Å². The third kappa shape index (κ3) is 3.64. The van der Waals surface area contributed by atoms with Gasteiger partial charge in [0, 0.05) is 23.8 Å². The Morgan fingerprint density at radius 2 is 2.23 bits per heavy atom. The maximum Gasteiger partial charge on any atom is 0.248 e. The summed E-state index contributed by atoms with van der Waals surface area (Å²) in [5.74, 6) is 1.36. The Bertz CT molecular complexity index is 978. The normalized spacial score (nSPS) is 10.8. The lowest BCUT2D eigenvalue weighted by molar-refractivity contribution is -0.116. The summed E-state index contributed by atoms with van der Waals surface area (Å²) in [6, 6.07) is 5.41. The Labute approximate surface area is 151 Å². The van der Waals surface area contributed by atoms with Crippen molar-refractivity contribution < 1.29 is 9.21 Å². The first-order valence-corrected chi connectivity index (χ1v) is 8.68. The molecule has 0 fully saturated rings. The monoisotopic (exact) mass is 367 g/mol. The highest BCUT2D eigenvalue weighted by atomic mass is 32.1. The van der Waals surface area contributed by atoms with Gasteiger partial charge in [-0.05, 0) is 23.6 Å². The Hall–Kier alpha value is -3.40. The highest BCUT2D eigenvalue weighted by molar-refractivity contribution is 7.08. The molecule has 0 radical (unpaired) electrons. The number of anilines is 1. The fourth-order valence-corrected chi connectivity index (χ4v) is 2.85. The van der Waals surface area contributed by atoms with E-state index in [9.17, 15) is 4.79 Å². The third-order valence-electron chi connectivity index (χ3n) is 3.49. The van der Waals surface area contributed by atoms with Crippen LogP contribution in [0.25, 0.3) is 17.3 Å². The molecule has 0 saturated heterocycles. The van der Waals surface area contributed by atoms with E-state index in [-0.39, 0.29) is 12.3 Å². The number of pyridine rings is 1. The van der Waals surface area contributed by atoms with Crippen LogP contribution in [0, 0.1) is 0 Å². The summed E-state index contributed by atoms with van der Waals surface area (Å²) < 4.78 is 7.10. The second-order valence-electron chi connectivity index (χ2n) is 5.31. The molecule has 10 heteroatoms.